The number of benzene rings is 1. The lowest BCUT2D eigenvalue weighted by Crippen LogP contribution is -2.25. The summed E-state index contributed by atoms with van der Waals surface area (Å²) in [5.74, 6) is 0.461. The molecule has 0 radical (unpaired) electrons. The van der Waals surface area contributed by atoms with Crippen molar-refractivity contribution in [3.05, 3.63) is 48.4 Å². The molecule has 28 heavy (non-hydrogen) atoms. The molecule has 1 saturated heterocycles. The molecule has 4 rings (SSSR count). The Labute approximate surface area is 161 Å². The number of primary amides is 1. The Morgan fingerprint density at radius 2 is 2.04 bits per heavy atom. The lowest BCUT2D eigenvalue weighted by Gasteiger charge is -2.13. The molecule has 10 heteroatoms. The Bertz CT molecular complexity index is 974. The first-order valence-corrected chi connectivity index (χ1v) is 8.85. The lowest BCUT2D eigenvalue weighted by atomic mass is 10.2. The van der Waals surface area contributed by atoms with Crippen LogP contribution in [0.4, 0.5) is 17.5 Å². The normalized spacial score (nSPS) is 15.9. The van der Waals surface area contributed by atoms with Crippen molar-refractivity contribution >= 4 is 23.4 Å². The molecule has 1 aromatic carbocycles. The molecule has 3 aromatic rings. The third-order valence-electron chi connectivity index (χ3n) is 4.26. The molecule has 142 valence electrons. The van der Waals surface area contributed by atoms with Crippen molar-refractivity contribution in [2.24, 2.45) is 5.73 Å². The highest BCUT2D eigenvalue weighted by molar-refractivity contribution is 5.96. The SMILES string of the molecule is NC(=O)c1nnc(N[C@@H]2CCNC2)nc1Nc1cccc(-c2ncccn2)c1. The van der Waals surface area contributed by atoms with Crippen LogP contribution >= 0.6 is 0 Å². The zero-order chi connectivity index (χ0) is 19.3. The maximum absolute atomic E-state index is 11.7. The minimum absolute atomic E-state index is 0.0311. The van der Waals surface area contributed by atoms with Gasteiger partial charge in [0.2, 0.25) is 5.95 Å². The highest BCUT2D eigenvalue weighted by Gasteiger charge is 2.19. The minimum atomic E-state index is -0.709. The molecule has 1 atom stereocenters. The second-order valence-corrected chi connectivity index (χ2v) is 6.31. The first kappa shape index (κ1) is 17.7. The van der Waals surface area contributed by atoms with E-state index in [9.17, 15) is 4.79 Å². The molecule has 3 heterocycles. The Hall–Kier alpha value is -3.66. The van der Waals surface area contributed by atoms with E-state index in [1.54, 1.807) is 18.5 Å². The van der Waals surface area contributed by atoms with E-state index in [1.807, 2.05) is 24.3 Å². The predicted octanol–water partition coefficient (Wildman–Crippen LogP) is 0.945. The molecule has 1 fully saturated rings. The fourth-order valence-corrected chi connectivity index (χ4v) is 2.92. The van der Waals surface area contributed by atoms with E-state index >= 15 is 0 Å². The van der Waals surface area contributed by atoms with Gasteiger partial charge in [0.1, 0.15) is 0 Å². The van der Waals surface area contributed by atoms with Crippen LogP contribution in [0.1, 0.15) is 16.9 Å². The quantitative estimate of drug-likeness (QED) is 0.493. The summed E-state index contributed by atoms with van der Waals surface area (Å²) in [5, 5.41) is 17.5. The van der Waals surface area contributed by atoms with Gasteiger partial charge in [-0.25, -0.2) is 9.97 Å². The maximum Gasteiger partial charge on any atom is 0.273 e. The van der Waals surface area contributed by atoms with Gasteiger partial charge >= 0.3 is 0 Å². The van der Waals surface area contributed by atoms with Crippen LogP contribution in [0, 0.1) is 0 Å². The number of carbonyl (C=O) groups is 1. The van der Waals surface area contributed by atoms with Crippen molar-refractivity contribution in [1.29, 1.82) is 0 Å². The largest absolute Gasteiger partial charge is 0.364 e. The maximum atomic E-state index is 11.7. The molecular formula is C18H19N9O. The van der Waals surface area contributed by atoms with Crippen molar-refractivity contribution in [3.63, 3.8) is 0 Å². The summed E-state index contributed by atoms with van der Waals surface area (Å²) in [4.78, 5) is 24.6. The number of nitrogens with zero attached hydrogens (tertiary/aromatic N) is 5. The second-order valence-electron chi connectivity index (χ2n) is 6.31. The lowest BCUT2D eigenvalue weighted by molar-refractivity contribution is 0.0995. The molecular weight excluding hydrogens is 358 g/mol. The first-order chi connectivity index (χ1) is 13.7. The summed E-state index contributed by atoms with van der Waals surface area (Å²) in [5.41, 5.74) is 6.92. The molecule has 0 saturated carbocycles. The van der Waals surface area contributed by atoms with Gasteiger partial charge in [-0.2, -0.15) is 4.98 Å². The third kappa shape index (κ3) is 4.01. The number of nitrogens with one attached hydrogen (secondary N) is 3. The minimum Gasteiger partial charge on any atom is -0.364 e. The predicted molar refractivity (Wildman–Crippen MR) is 104 cm³/mol. The Balaban J connectivity index is 1.61. The number of aromatic nitrogens is 5. The van der Waals surface area contributed by atoms with Crippen LogP contribution in [-0.4, -0.2) is 50.2 Å². The van der Waals surface area contributed by atoms with Crippen LogP contribution in [0.25, 0.3) is 11.4 Å². The van der Waals surface area contributed by atoms with Crippen LogP contribution in [0.15, 0.2) is 42.7 Å². The molecule has 0 aliphatic carbocycles. The number of hydrogen-bond acceptors (Lipinski definition) is 9. The molecule has 2 aromatic heterocycles. The van der Waals surface area contributed by atoms with Gasteiger partial charge in [0.05, 0.1) is 0 Å². The van der Waals surface area contributed by atoms with Gasteiger partial charge in [0.15, 0.2) is 17.3 Å². The number of anilines is 3. The van der Waals surface area contributed by atoms with Gasteiger partial charge in [-0.15, -0.1) is 10.2 Å². The van der Waals surface area contributed by atoms with E-state index in [-0.39, 0.29) is 17.6 Å². The molecule has 10 nitrogen and oxygen atoms in total. The molecule has 1 aliphatic heterocycles. The number of rotatable bonds is 6. The first-order valence-electron chi connectivity index (χ1n) is 8.85. The van der Waals surface area contributed by atoms with Crippen molar-refractivity contribution in [2.45, 2.75) is 12.5 Å². The highest BCUT2D eigenvalue weighted by Crippen LogP contribution is 2.23. The summed E-state index contributed by atoms with van der Waals surface area (Å²) >= 11 is 0. The van der Waals surface area contributed by atoms with E-state index in [2.05, 4.69) is 41.1 Å². The highest BCUT2D eigenvalue weighted by atomic mass is 16.1. The van der Waals surface area contributed by atoms with E-state index in [4.69, 9.17) is 5.73 Å². The van der Waals surface area contributed by atoms with Crippen LogP contribution in [-0.2, 0) is 0 Å². The number of nitrogens with two attached hydrogens (primary N) is 1. The van der Waals surface area contributed by atoms with Gasteiger partial charge < -0.3 is 21.7 Å². The molecule has 0 unspecified atom stereocenters. The number of amides is 1. The van der Waals surface area contributed by atoms with Crippen molar-refractivity contribution in [2.75, 3.05) is 23.7 Å². The average molecular weight is 377 g/mol. The second kappa shape index (κ2) is 7.92. The number of hydrogen-bond donors (Lipinski definition) is 4. The number of carbonyl (C=O) groups excluding carboxylic acids is 1. The molecule has 1 aliphatic rings. The van der Waals surface area contributed by atoms with Crippen molar-refractivity contribution in [3.8, 4) is 11.4 Å². The standard InChI is InChI=1S/C18H19N9O/c19-15(28)14-17(25-18(27-26-14)24-13-5-8-20-10-13)23-12-4-1-3-11(9-12)16-21-6-2-7-22-16/h1-4,6-7,9,13,20H,5,8,10H2,(H2,19,28)(H2,23,24,25,27)/t13-/m1/s1. The topological polar surface area (TPSA) is 144 Å². The summed E-state index contributed by atoms with van der Waals surface area (Å²) in [6.07, 6.45) is 4.32. The smallest absolute Gasteiger partial charge is 0.273 e. The molecule has 5 N–H and O–H groups in total. The van der Waals surface area contributed by atoms with Gasteiger partial charge in [0, 0.05) is 36.2 Å². The third-order valence-corrected chi connectivity index (χ3v) is 4.26. The van der Waals surface area contributed by atoms with E-state index in [0.29, 0.717) is 17.5 Å². The van der Waals surface area contributed by atoms with Crippen molar-refractivity contribution in [1.82, 2.24) is 30.5 Å². The Morgan fingerprint density at radius 1 is 1.18 bits per heavy atom. The molecule has 0 bridgehead atoms. The van der Waals surface area contributed by atoms with E-state index < -0.39 is 5.91 Å². The zero-order valence-electron chi connectivity index (χ0n) is 15.0. The van der Waals surface area contributed by atoms with Gasteiger partial charge in [0.25, 0.3) is 5.91 Å². The summed E-state index contributed by atoms with van der Waals surface area (Å²) in [6, 6.07) is 9.42. The fourth-order valence-electron chi connectivity index (χ4n) is 2.92. The molecule has 0 spiro atoms. The summed E-state index contributed by atoms with van der Waals surface area (Å²) in [7, 11) is 0. The van der Waals surface area contributed by atoms with E-state index in [1.165, 1.54) is 0 Å². The van der Waals surface area contributed by atoms with Crippen LogP contribution in [0.5, 0.6) is 0 Å². The average Bonchev–Trinajstić information content (AvgIpc) is 3.22. The Kier molecular flexibility index (Phi) is 5.02. The van der Waals surface area contributed by atoms with Gasteiger partial charge in [-0.05, 0) is 31.2 Å². The Morgan fingerprint density at radius 3 is 2.79 bits per heavy atom. The zero-order valence-corrected chi connectivity index (χ0v) is 15.0. The van der Waals surface area contributed by atoms with Crippen LogP contribution < -0.4 is 21.7 Å². The van der Waals surface area contributed by atoms with Crippen molar-refractivity contribution < 1.29 is 4.79 Å². The molecule has 1 amide bonds. The van der Waals surface area contributed by atoms with E-state index in [0.717, 1.165) is 25.1 Å². The van der Waals surface area contributed by atoms with Crippen LogP contribution in [0.3, 0.4) is 0 Å². The van der Waals surface area contributed by atoms with Gasteiger partial charge in [-0.1, -0.05) is 12.1 Å². The fraction of sp³-hybridized carbons (Fsp3) is 0.222. The summed E-state index contributed by atoms with van der Waals surface area (Å²) in [6.45, 7) is 1.76. The van der Waals surface area contributed by atoms with Crippen LogP contribution in [0.2, 0.25) is 0 Å². The van der Waals surface area contributed by atoms with Gasteiger partial charge in [-0.3, -0.25) is 4.79 Å². The summed E-state index contributed by atoms with van der Waals surface area (Å²) < 4.78 is 0. The monoisotopic (exact) mass is 377 g/mol.